The van der Waals surface area contributed by atoms with E-state index >= 15 is 0 Å². The van der Waals surface area contributed by atoms with Gasteiger partial charge in [0.05, 0.1) is 0 Å². The third-order valence-corrected chi connectivity index (χ3v) is 12.8. The van der Waals surface area contributed by atoms with Gasteiger partial charge in [0.25, 0.3) is 0 Å². The molecule has 3 aromatic rings. The maximum atomic E-state index is 3.90. The van der Waals surface area contributed by atoms with Gasteiger partial charge in [-0.1, -0.05) is 0 Å². The van der Waals surface area contributed by atoms with Crippen LogP contribution in [0.3, 0.4) is 0 Å². The third kappa shape index (κ3) is 3.31. The van der Waals surface area contributed by atoms with Crippen molar-refractivity contribution in [2.45, 2.75) is 0 Å². The predicted octanol–water partition coefficient (Wildman–Crippen LogP) is 2.85. The van der Waals surface area contributed by atoms with E-state index in [4.69, 9.17) is 0 Å². The van der Waals surface area contributed by atoms with Crippen molar-refractivity contribution in [2.24, 2.45) is 0 Å². The van der Waals surface area contributed by atoms with Crippen molar-refractivity contribution in [2.75, 3.05) is 0 Å². The molecule has 0 aliphatic heterocycles. The molecule has 0 heterocycles. The van der Waals surface area contributed by atoms with E-state index in [0.29, 0.717) is 0 Å². The fourth-order valence-electron chi connectivity index (χ4n) is 2.39. The van der Waals surface area contributed by atoms with Crippen LogP contribution in [0.5, 0.6) is 0 Å². The average molecular weight is 466 g/mol. The zero-order valence-corrected chi connectivity index (χ0v) is 15.3. The zero-order chi connectivity index (χ0) is 14.5. The van der Waals surface area contributed by atoms with E-state index in [1.165, 1.54) is 15.4 Å². The minimum absolute atomic E-state index is 1.21. The Morgan fingerprint density at radius 2 is 1.14 bits per heavy atom. The van der Waals surface area contributed by atoms with Gasteiger partial charge >= 0.3 is 135 Å². The van der Waals surface area contributed by atoms with Gasteiger partial charge in [-0.25, -0.2) is 0 Å². The molecule has 0 aliphatic rings. The second-order valence-electron chi connectivity index (χ2n) is 4.81. The van der Waals surface area contributed by atoms with Crippen LogP contribution in [-0.2, 0) is 0 Å². The molecule has 0 saturated carbocycles. The van der Waals surface area contributed by atoms with E-state index in [2.05, 4.69) is 91.5 Å². The van der Waals surface area contributed by atoms with Crippen molar-refractivity contribution < 1.29 is 0 Å². The summed E-state index contributed by atoms with van der Waals surface area (Å²) in [6.07, 6.45) is 1.93. The monoisotopic (exact) mass is 466 g/mol. The Morgan fingerprint density at radius 3 is 1.67 bits per heavy atom. The molecule has 0 saturated heterocycles. The molecule has 3 rings (SSSR count). The van der Waals surface area contributed by atoms with Crippen LogP contribution in [0.25, 0.3) is 6.08 Å². The summed E-state index contributed by atoms with van der Waals surface area (Å²) in [6.45, 7) is 3.90. The van der Waals surface area contributed by atoms with E-state index in [1.54, 1.807) is 0 Å². The Morgan fingerprint density at radius 1 is 0.619 bits per heavy atom. The van der Waals surface area contributed by atoms with Crippen LogP contribution < -0.4 is 9.81 Å². The summed E-state index contributed by atoms with van der Waals surface area (Å²) in [5.41, 5.74) is 1.21. The van der Waals surface area contributed by atoms with Crippen molar-refractivity contribution in [3.8, 4) is 0 Å². The van der Waals surface area contributed by atoms with E-state index in [0.717, 1.165) is 0 Å². The van der Waals surface area contributed by atoms with Gasteiger partial charge in [-0.3, -0.25) is 0 Å². The van der Waals surface area contributed by atoms with Crippen LogP contribution in [0.2, 0.25) is 0 Å². The number of rotatable bonds is 4. The summed E-state index contributed by atoms with van der Waals surface area (Å²) in [6, 6.07) is 30.8. The summed E-state index contributed by atoms with van der Waals surface area (Å²) in [5.74, 6) is 0. The van der Waals surface area contributed by atoms with Gasteiger partial charge in [-0.2, -0.15) is 0 Å². The number of hydrogen-bond donors (Lipinski definition) is 0. The molecule has 0 atom stereocenters. The number of benzene rings is 3. The maximum absolute atomic E-state index is 3.90. The van der Waals surface area contributed by atoms with Crippen molar-refractivity contribution in [1.82, 2.24) is 0 Å². The summed E-state index contributed by atoms with van der Waals surface area (Å²) < 4.78 is 4.53. The molecule has 1 heteroatoms. The molecule has 0 aromatic heterocycles. The van der Waals surface area contributed by atoms with E-state index in [1.807, 2.05) is 6.08 Å². The molecule has 3 aromatic carbocycles. The molecule has 21 heavy (non-hydrogen) atoms. The molecular weight excluding hydrogens is 449 g/mol. The van der Waals surface area contributed by atoms with Crippen LogP contribution in [0, 0.1) is 0 Å². The van der Waals surface area contributed by atoms with Crippen molar-refractivity contribution in [3.63, 3.8) is 0 Å². The van der Waals surface area contributed by atoms with Gasteiger partial charge in [0.2, 0.25) is 0 Å². The predicted molar refractivity (Wildman–Crippen MR) is 94.1 cm³/mol. The Bertz CT molecular complexity index is 678. The topological polar surface area (TPSA) is 0 Å². The van der Waals surface area contributed by atoms with Crippen molar-refractivity contribution in [1.29, 1.82) is 0 Å². The molecule has 0 fully saturated rings. The van der Waals surface area contributed by atoms with Gasteiger partial charge in [-0.05, 0) is 0 Å². The van der Waals surface area contributed by atoms with E-state index in [9.17, 15) is 0 Å². The summed E-state index contributed by atoms with van der Waals surface area (Å²) in [4.78, 5) is 0. The standard InChI is InChI=1S/C8H7.2C6H5.Bi/c1-2-8-6-4-3-5-7-8;2*1-2-4-6-5-3-1;/h2-4,6-7H,1H2;2*1-5H;. The Balaban J connectivity index is 2.14. The van der Waals surface area contributed by atoms with Crippen molar-refractivity contribution >= 4 is 37.6 Å². The molecule has 0 nitrogen and oxygen atoms in total. The molecule has 0 spiro atoms. The summed E-state index contributed by atoms with van der Waals surface area (Å²) >= 11 is -2.17. The SMILES string of the molecule is C=Cc1ccc[c]([Bi]([c]2ccccc2)[c]2ccccc2)c1. The molecular formula is C20H17Bi. The summed E-state index contributed by atoms with van der Waals surface area (Å²) in [7, 11) is 0. The second kappa shape index (κ2) is 6.83. The Labute approximate surface area is 134 Å². The number of hydrogen-bond acceptors (Lipinski definition) is 0. The van der Waals surface area contributed by atoms with Gasteiger partial charge in [0.1, 0.15) is 0 Å². The van der Waals surface area contributed by atoms with E-state index in [-0.39, 0.29) is 0 Å². The van der Waals surface area contributed by atoms with E-state index < -0.39 is 21.8 Å². The first kappa shape index (κ1) is 14.2. The quantitative estimate of drug-likeness (QED) is 0.519. The molecule has 0 radical (unpaired) electrons. The van der Waals surface area contributed by atoms with Crippen LogP contribution in [0.4, 0.5) is 0 Å². The van der Waals surface area contributed by atoms with Crippen LogP contribution in [0.15, 0.2) is 91.5 Å². The van der Waals surface area contributed by atoms with Gasteiger partial charge in [0, 0.05) is 0 Å². The van der Waals surface area contributed by atoms with Crippen LogP contribution >= 0.6 is 0 Å². The molecule has 0 N–H and O–H groups in total. The van der Waals surface area contributed by atoms with Gasteiger partial charge in [0.15, 0.2) is 0 Å². The molecule has 0 unspecified atom stereocenters. The third-order valence-electron chi connectivity index (χ3n) is 3.39. The zero-order valence-electron chi connectivity index (χ0n) is 11.8. The first-order chi connectivity index (χ1) is 10.4. The fraction of sp³-hybridized carbons (Fsp3) is 0. The first-order valence-electron chi connectivity index (χ1n) is 7.01. The Hall–Kier alpha value is -1.72. The van der Waals surface area contributed by atoms with Gasteiger partial charge in [-0.15, -0.1) is 0 Å². The Kier molecular flexibility index (Phi) is 4.63. The second-order valence-corrected chi connectivity index (χ2v) is 13.4. The first-order valence-corrected chi connectivity index (χ1v) is 12.2. The molecule has 0 bridgehead atoms. The van der Waals surface area contributed by atoms with Crippen LogP contribution in [0.1, 0.15) is 5.56 Å². The molecule has 0 amide bonds. The average Bonchev–Trinajstić information content (AvgIpc) is 2.57. The summed E-state index contributed by atoms with van der Waals surface area (Å²) in [5, 5.41) is 0. The van der Waals surface area contributed by atoms with Gasteiger partial charge < -0.3 is 0 Å². The normalized spacial score (nSPS) is 10.5. The molecule has 102 valence electrons. The molecule has 0 aliphatic carbocycles. The minimum atomic E-state index is -2.17. The van der Waals surface area contributed by atoms with Crippen molar-refractivity contribution in [3.05, 3.63) is 97.1 Å². The van der Waals surface area contributed by atoms with Crippen LogP contribution in [-0.4, -0.2) is 21.8 Å². The fourth-order valence-corrected chi connectivity index (χ4v) is 11.5.